The van der Waals surface area contributed by atoms with Gasteiger partial charge in [0.15, 0.2) is 0 Å². The van der Waals surface area contributed by atoms with Crippen LogP contribution in [0.15, 0.2) is 21.5 Å². The molecule has 0 aromatic heterocycles. The molecule has 9 heteroatoms. The second-order valence-corrected chi connectivity index (χ2v) is 7.07. The van der Waals surface area contributed by atoms with Crippen LogP contribution in [0.3, 0.4) is 0 Å². The van der Waals surface area contributed by atoms with Crippen molar-refractivity contribution in [3.8, 4) is 0 Å². The van der Waals surface area contributed by atoms with Crippen molar-refractivity contribution in [2.75, 3.05) is 25.4 Å². The van der Waals surface area contributed by atoms with Crippen molar-refractivity contribution in [3.05, 3.63) is 22.4 Å². The molecular formula is C11H13BrFN3O3S. The third-order valence-electron chi connectivity index (χ3n) is 2.94. The van der Waals surface area contributed by atoms with Crippen molar-refractivity contribution in [1.82, 2.24) is 9.62 Å². The molecule has 1 amide bonds. The van der Waals surface area contributed by atoms with Crippen LogP contribution in [0.5, 0.6) is 0 Å². The molecule has 1 heterocycles. The van der Waals surface area contributed by atoms with Crippen LogP contribution in [-0.4, -0.2) is 38.3 Å². The molecule has 0 atom stereocenters. The quantitative estimate of drug-likeness (QED) is 0.753. The van der Waals surface area contributed by atoms with E-state index in [-0.39, 0.29) is 37.6 Å². The molecule has 0 spiro atoms. The van der Waals surface area contributed by atoms with Gasteiger partial charge in [0, 0.05) is 36.2 Å². The Kier molecular flexibility index (Phi) is 4.31. The molecule has 0 unspecified atom stereocenters. The van der Waals surface area contributed by atoms with Crippen molar-refractivity contribution in [1.29, 1.82) is 0 Å². The average Bonchev–Trinajstić information content (AvgIpc) is 2.59. The highest BCUT2D eigenvalue weighted by Gasteiger charge is 2.29. The highest BCUT2D eigenvalue weighted by Crippen LogP contribution is 2.28. The SMILES string of the molecule is Nc1cc(S(=O)(=O)N2CCNC(=O)CC2)c(F)cc1Br. The number of carbonyl (C=O) groups is 1. The minimum atomic E-state index is -4.01. The lowest BCUT2D eigenvalue weighted by molar-refractivity contribution is -0.120. The molecule has 3 N–H and O–H groups in total. The Bertz CT molecular complexity index is 651. The summed E-state index contributed by atoms with van der Waals surface area (Å²) in [5.41, 5.74) is 5.74. The molecule has 0 saturated carbocycles. The number of nitrogens with one attached hydrogen (secondary N) is 1. The van der Waals surface area contributed by atoms with Crippen LogP contribution >= 0.6 is 15.9 Å². The van der Waals surface area contributed by atoms with Crippen LogP contribution in [-0.2, 0) is 14.8 Å². The number of amides is 1. The van der Waals surface area contributed by atoms with Gasteiger partial charge in [-0.15, -0.1) is 0 Å². The second kappa shape index (κ2) is 5.66. The topological polar surface area (TPSA) is 92.5 Å². The Balaban J connectivity index is 2.39. The van der Waals surface area contributed by atoms with Crippen molar-refractivity contribution in [2.45, 2.75) is 11.3 Å². The van der Waals surface area contributed by atoms with Gasteiger partial charge in [-0.3, -0.25) is 4.79 Å². The minimum Gasteiger partial charge on any atom is -0.398 e. The fourth-order valence-corrected chi connectivity index (χ4v) is 3.71. The molecule has 0 radical (unpaired) electrons. The molecule has 1 aromatic rings. The van der Waals surface area contributed by atoms with Crippen LogP contribution in [0.25, 0.3) is 0 Å². The smallest absolute Gasteiger partial charge is 0.246 e. The third kappa shape index (κ3) is 2.94. The van der Waals surface area contributed by atoms with E-state index in [2.05, 4.69) is 21.2 Å². The van der Waals surface area contributed by atoms with E-state index < -0.39 is 20.7 Å². The van der Waals surface area contributed by atoms with E-state index in [0.29, 0.717) is 4.47 Å². The molecular weight excluding hydrogens is 353 g/mol. The zero-order valence-corrected chi connectivity index (χ0v) is 12.8. The van der Waals surface area contributed by atoms with Crippen LogP contribution in [0.1, 0.15) is 6.42 Å². The van der Waals surface area contributed by atoms with Gasteiger partial charge in [0.05, 0.1) is 0 Å². The fraction of sp³-hybridized carbons (Fsp3) is 0.364. The van der Waals surface area contributed by atoms with Crippen molar-refractivity contribution >= 4 is 37.5 Å². The maximum Gasteiger partial charge on any atom is 0.246 e. The lowest BCUT2D eigenvalue weighted by atomic mass is 10.3. The van der Waals surface area contributed by atoms with Gasteiger partial charge in [-0.2, -0.15) is 4.31 Å². The number of hydrogen-bond acceptors (Lipinski definition) is 4. The predicted molar refractivity (Wildman–Crippen MR) is 74.9 cm³/mol. The Morgan fingerprint density at radius 2 is 2.05 bits per heavy atom. The number of benzene rings is 1. The molecule has 0 aliphatic carbocycles. The number of carbonyl (C=O) groups excluding carboxylic acids is 1. The van der Waals surface area contributed by atoms with E-state index in [4.69, 9.17) is 5.73 Å². The molecule has 110 valence electrons. The van der Waals surface area contributed by atoms with Crippen molar-refractivity contribution < 1.29 is 17.6 Å². The molecule has 6 nitrogen and oxygen atoms in total. The molecule has 2 rings (SSSR count). The van der Waals surface area contributed by atoms with Crippen LogP contribution in [0.2, 0.25) is 0 Å². The highest BCUT2D eigenvalue weighted by molar-refractivity contribution is 9.10. The first-order chi connectivity index (χ1) is 9.32. The van der Waals surface area contributed by atoms with Gasteiger partial charge in [0.25, 0.3) is 0 Å². The largest absolute Gasteiger partial charge is 0.398 e. The lowest BCUT2D eigenvalue weighted by Crippen LogP contribution is -2.34. The van der Waals surface area contributed by atoms with E-state index in [9.17, 15) is 17.6 Å². The minimum absolute atomic E-state index is 0.0174. The van der Waals surface area contributed by atoms with Gasteiger partial charge >= 0.3 is 0 Å². The van der Waals surface area contributed by atoms with E-state index in [1.165, 1.54) is 0 Å². The summed E-state index contributed by atoms with van der Waals surface area (Å²) in [6.45, 7) is 0.318. The number of halogens is 2. The highest BCUT2D eigenvalue weighted by atomic mass is 79.9. The lowest BCUT2D eigenvalue weighted by Gasteiger charge is -2.20. The zero-order chi connectivity index (χ0) is 14.9. The molecule has 20 heavy (non-hydrogen) atoms. The number of hydrogen-bond donors (Lipinski definition) is 2. The maximum atomic E-state index is 13.9. The molecule has 1 saturated heterocycles. The standard InChI is InChI=1S/C11H13BrFN3O3S/c12-7-5-8(13)10(6-9(7)14)20(18,19)16-3-1-11(17)15-2-4-16/h5-6H,1-4,14H2,(H,15,17). The van der Waals surface area contributed by atoms with Crippen LogP contribution in [0, 0.1) is 5.82 Å². The Labute approximate surface area is 124 Å². The molecule has 1 fully saturated rings. The van der Waals surface area contributed by atoms with Crippen molar-refractivity contribution in [3.63, 3.8) is 0 Å². The van der Waals surface area contributed by atoms with Gasteiger partial charge in [0.2, 0.25) is 15.9 Å². The molecule has 1 aromatic carbocycles. The average molecular weight is 366 g/mol. The Morgan fingerprint density at radius 1 is 1.35 bits per heavy atom. The first kappa shape index (κ1) is 15.2. The Hall–Kier alpha value is -1.19. The normalized spacial score (nSPS) is 17.6. The summed E-state index contributed by atoms with van der Waals surface area (Å²) >= 11 is 3.04. The van der Waals surface area contributed by atoms with Gasteiger partial charge in [-0.25, -0.2) is 12.8 Å². The monoisotopic (exact) mass is 365 g/mol. The Morgan fingerprint density at radius 3 is 2.75 bits per heavy atom. The summed E-state index contributed by atoms with van der Waals surface area (Å²) in [7, 11) is -4.01. The first-order valence-corrected chi connectivity index (χ1v) is 8.07. The van der Waals surface area contributed by atoms with Crippen LogP contribution in [0.4, 0.5) is 10.1 Å². The number of sulfonamides is 1. The molecule has 1 aliphatic heterocycles. The van der Waals surface area contributed by atoms with E-state index >= 15 is 0 Å². The van der Waals surface area contributed by atoms with E-state index in [1.54, 1.807) is 0 Å². The number of nitrogen functional groups attached to an aromatic ring is 1. The van der Waals surface area contributed by atoms with Crippen molar-refractivity contribution in [2.24, 2.45) is 0 Å². The van der Waals surface area contributed by atoms with Gasteiger partial charge in [-0.1, -0.05) is 0 Å². The number of rotatable bonds is 2. The summed E-state index contributed by atoms with van der Waals surface area (Å²) in [6, 6.07) is 2.10. The summed E-state index contributed by atoms with van der Waals surface area (Å²) in [4.78, 5) is 10.7. The maximum absolute atomic E-state index is 13.9. The first-order valence-electron chi connectivity index (χ1n) is 5.84. The third-order valence-corrected chi connectivity index (χ3v) is 5.54. The van der Waals surface area contributed by atoms with Gasteiger partial charge in [-0.05, 0) is 28.1 Å². The number of nitrogens with two attached hydrogens (primary N) is 1. The van der Waals surface area contributed by atoms with Gasteiger partial charge in [0.1, 0.15) is 10.7 Å². The second-order valence-electron chi connectivity index (χ2n) is 4.31. The summed E-state index contributed by atoms with van der Waals surface area (Å²) in [5, 5.41) is 2.56. The molecule has 1 aliphatic rings. The number of nitrogens with zero attached hydrogens (tertiary/aromatic N) is 1. The summed E-state index contributed by atoms with van der Waals surface area (Å²) in [5.74, 6) is -1.10. The summed E-state index contributed by atoms with van der Waals surface area (Å²) < 4.78 is 40.1. The van der Waals surface area contributed by atoms with Gasteiger partial charge < -0.3 is 11.1 Å². The van der Waals surface area contributed by atoms with Crippen LogP contribution < -0.4 is 11.1 Å². The van der Waals surface area contributed by atoms with E-state index in [0.717, 1.165) is 16.4 Å². The zero-order valence-electron chi connectivity index (χ0n) is 10.4. The molecule has 0 bridgehead atoms. The van der Waals surface area contributed by atoms with E-state index in [1.807, 2.05) is 0 Å². The predicted octanol–water partition coefficient (Wildman–Crippen LogP) is 0.681. The fourth-order valence-electron chi connectivity index (χ4n) is 1.87. The number of anilines is 1. The summed E-state index contributed by atoms with van der Waals surface area (Å²) in [6.07, 6.45) is 0.0485.